The summed E-state index contributed by atoms with van der Waals surface area (Å²) in [5.74, 6) is -5.98. The normalized spacial score (nSPS) is 18.8. The van der Waals surface area contributed by atoms with Gasteiger partial charge < -0.3 is 24.8 Å². The fraction of sp³-hybridized carbons (Fsp3) is 0.667. The molecule has 1 saturated heterocycles. The van der Waals surface area contributed by atoms with Gasteiger partial charge in [0.05, 0.1) is 21.3 Å². The average Bonchev–Trinajstić information content (AvgIpc) is 3.04. The Morgan fingerprint density at radius 2 is 1.56 bits per heavy atom. The average molecular weight is 358 g/mol. The summed E-state index contributed by atoms with van der Waals surface area (Å²) in [6.07, 6.45) is 0.480. The zero-order valence-electron chi connectivity index (χ0n) is 14.5. The summed E-state index contributed by atoms with van der Waals surface area (Å²) in [5.41, 5.74) is 0. The van der Waals surface area contributed by atoms with Gasteiger partial charge in [0, 0.05) is 12.3 Å². The highest BCUT2D eigenvalue weighted by molar-refractivity contribution is 5.97. The third kappa shape index (κ3) is 4.91. The predicted octanol–water partition coefficient (Wildman–Crippen LogP) is -1.48. The molecule has 140 valence electrons. The third-order valence-electron chi connectivity index (χ3n) is 4.03. The number of nitrogens with one attached hydrogen (secondary N) is 2. The van der Waals surface area contributed by atoms with Gasteiger partial charge in [-0.1, -0.05) is 6.92 Å². The lowest BCUT2D eigenvalue weighted by Crippen LogP contribution is -2.54. The molecule has 3 atom stereocenters. The molecule has 0 saturated carbocycles. The van der Waals surface area contributed by atoms with E-state index in [-0.39, 0.29) is 18.7 Å². The van der Waals surface area contributed by atoms with Gasteiger partial charge in [0.2, 0.25) is 11.8 Å². The maximum absolute atomic E-state index is 12.3. The van der Waals surface area contributed by atoms with Crippen molar-refractivity contribution in [1.29, 1.82) is 0 Å². The summed E-state index contributed by atoms with van der Waals surface area (Å²) in [4.78, 5) is 59.4. The van der Waals surface area contributed by atoms with Crippen LogP contribution in [0.15, 0.2) is 0 Å². The first-order valence-corrected chi connectivity index (χ1v) is 7.60. The summed E-state index contributed by atoms with van der Waals surface area (Å²) in [5, 5.41) is 4.89. The molecular formula is C15H22N2O8. The molecule has 2 amide bonds. The van der Waals surface area contributed by atoms with Gasteiger partial charge in [0.25, 0.3) is 0 Å². The minimum absolute atomic E-state index is 0.198. The van der Waals surface area contributed by atoms with E-state index in [1.165, 1.54) is 6.92 Å². The molecule has 1 aliphatic heterocycles. The van der Waals surface area contributed by atoms with Crippen molar-refractivity contribution in [2.45, 2.75) is 31.8 Å². The molecule has 2 N–H and O–H groups in total. The Labute approximate surface area is 144 Å². The molecule has 10 nitrogen and oxygen atoms in total. The molecule has 0 bridgehead atoms. The van der Waals surface area contributed by atoms with E-state index in [1.807, 2.05) is 0 Å². The van der Waals surface area contributed by atoms with Crippen LogP contribution < -0.4 is 10.6 Å². The Balaban J connectivity index is 3.00. The van der Waals surface area contributed by atoms with Crippen molar-refractivity contribution in [3.05, 3.63) is 0 Å². The van der Waals surface area contributed by atoms with Gasteiger partial charge in [-0.05, 0) is 6.42 Å². The van der Waals surface area contributed by atoms with E-state index in [0.29, 0.717) is 0 Å². The van der Waals surface area contributed by atoms with Crippen molar-refractivity contribution < 1.29 is 38.2 Å². The van der Waals surface area contributed by atoms with Crippen LogP contribution in [0.25, 0.3) is 0 Å². The highest BCUT2D eigenvalue weighted by Gasteiger charge is 2.43. The summed E-state index contributed by atoms with van der Waals surface area (Å²) >= 11 is 0. The number of carbonyl (C=O) groups is 5. The van der Waals surface area contributed by atoms with E-state index in [1.54, 1.807) is 0 Å². The van der Waals surface area contributed by atoms with E-state index in [9.17, 15) is 24.0 Å². The molecule has 0 aromatic rings. The quantitative estimate of drug-likeness (QED) is 0.319. The minimum atomic E-state index is -1.43. The number of hydrogen-bond donors (Lipinski definition) is 2. The molecule has 1 rings (SSSR count). The van der Waals surface area contributed by atoms with Gasteiger partial charge >= 0.3 is 17.9 Å². The van der Waals surface area contributed by atoms with Crippen molar-refractivity contribution in [1.82, 2.24) is 10.6 Å². The molecule has 0 aromatic carbocycles. The topological polar surface area (TPSA) is 137 Å². The van der Waals surface area contributed by atoms with Gasteiger partial charge in [-0.25, -0.2) is 4.79 Å². The van der Waals surface area contributed by atoms with E-state index in [4.69, 9.17) is 0 Å². The number of rotatable bonds is 7. The molecule has 0 radical (unpaired) electrons. The summed E-state index contributed by atoms with van der Waals surface area (Å²) < 4.78 is 13.8. The van der Waals surface area contributed by atoms with Gasteiger partial charge in [-0.15, -0.1) is 0 Å². The van der Waals surface area contributed by atoms with Gasteiger partial charge in [-0.2, -0.15) is 0 Å². The molecule has 1 fully saturated rings. The molecular weight excluding hydrogens is 336 g/mol. The zero-order valence-corrected chi connectivity index (χ0v) is 14.5. The largest absolute Gasteiger partial charge is 0.468 e. The number of carbonyl (C=O) groups excluding carboxylic acids is 5. The Morgan fingerprint density at radius 1 is 1.04 bits per heavy atom. The smallest absolute Gasteiger partial charge is 0.328 e. The number of hydrogen-bond acceptors (Lipinski definition) is 8. The third-order valence-corrected chi connectivity index (χ3v) is 4.03. The Bertz CT molecular complexity index is 546. The van der Waals surface area contributed by atoms with Crippen molar-refractivity contribution in [3.8, 4) is 0 Å². The standard InChI is InChI=1S/C15H22N2O8/c1-7(10(13(20)23-2)14(21)24-3)11(15(22)25-4)17-12(19)8-5-6-9(18)16-8/h7-8,10-11H,5-6H2,1-4H3,(H,16,18)(H,17,19)/t7-,8-,11+/m1/s1. The van der Waals surface area contributed by atoms with Crippen LogP contribution in [0.4, 0.5) is 0 Å². The lowest BCUT2D eigenvalue weighted by Gasteiger charge is -2.27. The Morgan fingerprint density at radius 3 is 1.96 bits per heavy atom. The van der Waals surface area contributed by atoms with E-state index in [2.05, 4.69) is 24.8 Å². The molecule has 1 heterocycles. The van der Waals surface area contributed by atoms with Gasteiger partial charge in [0.15, 0.2) is 5.92 Å². The highest BCUT2D eigenvalue weighted by Crippen LogP contribution is 2.21. The van der Waals surface area contributed by atoms with Crippen LogP contribution in [0.5, 0.6) is 0 Å². The summed E-state index contributed by atoms with van der Waals surface area (Å²) in [6, 6.07) is -2.10. The molecule has 0 aromatic heterocycles. The number of esters is 3. The van der Waals surface area contributed by atoms with Crippen molar-refractivity contribution in [2.75, 3.05) is 21.3 Å². The summed E-state index contributed by atoms with van der Waals surface area (Å²) in [7, 11) is 3.28. The van der Waals surface area contributed by atoms with Crippen LogP contribution in [0.2, 0.25) is 0 Å². The Kier molecular flexibility index (Phi) is 7.34. The van der Waals surface area contributed by atoms with Crippen LogP contribution in [0.1, 0.15) is 19.8 Å². The van der Waals surface area contributed by atoms with E-state index >= 15 is 0 Å². The highest BCUT2D eigenvalue weighted by atomic mass is 16.5. The van der Waals surface area contributed by atoms with Crippen LogP contribution in [0.3, 0.4) is 0 Å². The SMILES string of the molecule is COC(=O)C(C(=O)OC)[C@@H](C)[C@H](NC(=O)[C@H]1CCC(=O)N1)C(=O)OC. The first-order chi connectivity index (χ1) is 11.8. The molecule has 0 unspecified atom stereocenters. The van der Waals surface area contributed by atoms with Crippen LogP contribution in [-0.4, -0.2) is 63.1 Å². The first-order valence-electron chi connectivity index (χ1n) is 7.60. The lowest BCUT2D eigenvalue weighted by atomic mass is 9.87. The fourth-order valence-electron chi connectivity index (χ4n) is 2.57. The van der Waals surface area contributed by atoms with Gasteiger partial charge in [0.1, 0.15) is 12.1 Å². The predicted molar refractivity (Wildman–Crippen MR) is 81.8 cm³/mol. The van der Waals surface area contributed by atoms with Crippen molar-refractivity contribution >= 4 is 29.7 Å². The first kappa shape index (κ1) is 20.4. The zero-order chi connectivity index (χ0) is 19.1. The maximum Gasteiger partial charge on any atom is 0.328 e. The van der Waals surface area contributed by atoms with Crippen molar-refractivity contribution in [3.63, 3.8) is 0 Å². The number of ether oxygens (including phenoxy) is 3. The van der Waals surface area contributed by atoms with Crippen molar-refractivity contribution in [2.24, 2.45) is 11.8 Å². The van der Waals surface area contributed by atoms with Gasteiger partial charge in [-0.3, -0.25) is 19.2 Å². The second-order valence-electron chi connectivity index (χ2n) is 5.55. The van der Waals surface area contributed by atoms with Crippen LogP contribution in [0, 0.1) is 11.8 Å². The molecule has 1 aliphatic rings. The molecule has 0 aliphatic carbocycles. The van der Waals surface area contributed by atoms with E-state index < -0.39 is 47.7 Å². The lowest BCUT2D eigenvalue weighted by molar-refractivity contribution is -0.163. The van der Waals surface area contributed by atoms with Crippen LogP contribution >= 0.6 is 0 Å². The molecule has 25 heavy (non-hydrogen) atoms. The monoisotopic (exact) mass is 358 g/mol. The van der Waals surface area contributed by atoms with Crippen LogP contribution in [-0.2, 0) is 38.2 Å². The minimum Gasteiger partial charge on any atom is -0.468 e. The fourth-order valence-corrected chi connectivity index (χ4v) is 2.57. The van der Waals surface area contributed by atoms with E-state index in [0.717, 1.165) is 21.3 Å². The second kappa shape index (κ2) is 9.00. The Hall–Kier alpha value is -2.65. The summed E-state index contributed by atoms with van der Waals surface area (Å²) in [6.45, 7) is 1.41. The number of amides is 2. The molecule has 10 heteroatoms. The second-order valence-corrected chi connectivity index (χ2v) is 5.55. The number of methoxy groups -OCH3 is 3. The molecule has 0 spiro atoms. The maximum atomic E-state index is 12.3.